The van der Waals surface area contributed by atoms with Gasteiger partial charge in [-0.15, -0.1) is 0 Å². The minimum Gasteiger partial charge on any atom is -0.456 e. The second-order valence-corrected chi connectivity index (χ2v) is 12.5. The fourth-order valence-electron chi connectivity index (χ4n) is 7.37. The summed E-state index contributed by atoms with van der Waals surface area (Å²) >= 11 is 0. The highest BCUT2D eigenvalue weighted by Gasteiger charge is 2.19. The standard InChI is InChI=1S/C46H29NO2/c1-3-12-30(13-4-1)35-19-11-20-40-42-29-41(36-16-7-8-18-39(36)46(42)49-45(35)40)31-22-24-33(25-23-31)47(32-14-5-2-6-15-32)34-26-27-38-37-17-9-10-21-43(37)48-44(38)28-34/h1-29H. The van der Waals surface area contributed by atoms with Gasteiger partial charge in [0.25, 0.3) is 0 Å². The summed E-state index contributed by atoms with van der Waals surface area (Å²) in [4.78, 5) is 2.28. The molecule has 0 aliphatic carbocycles. The Bertz CT molecular complexity index is 2810. The number of rotatable bonds is 5. The first-order chi connectivity index (χ1) is 24.3. The molecule has 0 atom stereocenters. The van der Waals surface area contributed by atoms with Gasteiger partial charge >= 0.3 is 0 Å². The molecule has 230 valence electrons. The van der Waals surface area contributed by atoms with Crippen LogP contribution in [-0.4, -0.2) is 0 Å². The molecule has 0 fully saturated rings. The molecule has 3 heteroatoms. The predicted molar refractivity (Wildman–Crippen MR) is 204 cm³/mol. The summed E-state index contributed by atoms with van der Waals surface area (Å²) in [5.41, 5.74) is 11.4. The van der Waals surface area contributed by atoms with Gasteiger partial charge in [-0.1, -0.05) is 121 Å². The molecule has 3 nitrogen and oxygen atoms in total. The van der Waals surface area contributed by atoms with Crippen molar-refractivity contribution in [1.82, 2.24) is 0 Å². The molecule has 0 saturated carbocycles. The minimum atomic E-state index is 0.874. The molecule has 0 amide bonds. The lowest BCUT2D eigenvalue weighted by Gasteiger charge is -2.25. The quantitative estimate of drug-likeness (QED) is 0.190. The van der Waals surface area contributed by atoms with Crippen molar-refractivity contribution >= 4 is 71.7 Å². The molecule has 0 spiro atoms. The second-order valence-electron chi connectivity index (χ2n) is 12.5. The van der Waals surface area contributed by atoms with Crippen molar-refractivity contribution in [2.75, 3.05) is 4.90 Å². The van der Waals surface area contributed by atoms with Crippen molar-refractivity contribution < 1.29 is 8.83 Å². The van der Waals surface area contributed by atoms with Crippen molar-refractivity contribution in [3.05, 3.63) is 176 Å². The van der Waals surface area contributed by atoms with Crippen molar-refractivity contribution in [1.29, 1.82) is 0 Å². The monoisotopic (exact) mass is 627 g/mol. The van der Waals surface area contributed by atoms with E-state index in [0.29, 0.717) is 0 Å². The van der Waals surface area contributed by atoms with Crippen LogP contribution in [0.2, 0.25) is 0 Å². The van der Waals surface area contributed by atoms with E-state index in [1.54, 1.807) is 0 Å². The Morgan fingerprint density at radius 2 is 0.898 bits per heavy atom. The zero-order chi connectivity index (χ0) is 32.3. The maximum atomic E-state index is 6.73. The minimum absolute atomic E-state index is 0.874. The molecule has 0 saturated heterocycles. The molecule has 0 N–H and O–H groups in total. The highest BCUT2D eigenvalue weighted by molar-refractivity contribution is 6.20. The number of benzene rings is 8. The third-order valence-corrected chi connectivity index (χ3v) is 9.66. The van der Waals surface area contributed by atoms with Gasteiger partial charge in [0.2, 0.25) is 0 Å². The van der Waals surface area contributed by atoms with Crippen molar-refractivity contribution in [2.24, 2.45) is 0 Å². The Kier molecular flexibility index (Phi) is 6.18. The van der Waals surface area contributed by atoms with Crippen LogP contribution >= 0.6 is 0 Å². The Balaban J connectivity index is 1.12. The largest absolute Gasteiger partial charge is 0.456 e. The van der Waals surface area contributed by atoms with Crippen LogP contribution in [-0.2, 0) is 0 Å². The Morgan fingerprint density at radius 1 is 0.306 bits per heavy atom. The predicted octanol–water partition coefficient (Wildman–Crippen LogP) is 13.4. The number of hydrogen-bond acceptors (Lipinski definition) is 3. The average Bonchev–Trinajstić information content (AvgIpc) is 3.74. The Hall–Kier alpha value is -6.58. The van der Waals surface area contributed by atoms with Gasteiger partial charge in [0.1, 0.15) is 22.3 Å². The third-order valence-electron chi connectivity index (χ3n) is 9.66. The van der Waals surface area contributed by atoms with Crippen LogP contribution in [0.5, 0.6) is 0 Å². The van der Waals surface area contributed by atoms with E-state index in [1.807, 2.05) is 18.2 Å². The lowest BCUT2D eigenvalue weighted by Crippen LogP contribution is -2.09. The van der Waals surface area contributed by atoms with Gasteiger partial charge in [-0.2, -0.15) is 0 Å². The first-order valence-electron chi connectivity index (χ1n) is 16.6. The SMILES string of the molecule is c1ccc(-c2cccc3c2oc2c4ccccc4c(-c4ccc(N(c5ccccc5)c5ccc6c(c5)oc5ccccc56)cc4)cc32)cc1. The molecular weight excluding hydrogens is 599 g/mol. The maximum absolute atomic E-state index is 6.73. The van der Waals surface area contributed by atoms with Crippen LogP contribution in [0.3, 0.4) is 0 Å². The zero-order valence-corrected chi connectivity index (χ0v) is 26.5. The first kappa shape index (κ1) is 27.5. The Labute approximate surface area is 282 Å². The van der Waals surface area contributed by atoms with E-state index >= 15 is 0 Å². The molecule has 10 aromatic rings. The van der Waals surface area contributed by atoms with Gasteiger partial charge in [0.15, 0.2) is 0 Å². The highest BCUT2D eigenvalue weighted by Crippen LogP contribution is 2.44. The molecule has 8 aromatic carbocycles. The van der Waals surface area contributed by atoms with Crippen LogP contribution in [0.25, 0.3) is 76.9 Å². The topological polar surface area (TPSA) is 29.5 Å². The first-order valence-corrected chi connectivity index (χ1v) is 16.6. The van der Waals surface area contributed by atoms with Crippen molar-refractivity contribution in [3.63, 3.8) is 0 Å². The lowest BCUT2D eigenvalue weighted by molar-refractivity contribution is 0.669. The summed E-state index contributed by atoms with van der Waals surface area (Å²) in [6.45, 7) is 0. The third kappa shape index (κ3) is 4.44. The fourth-order valence-corrected chi connectivity index (χ4v) is 7.37. The molecule has 0 radical (unpaired) electrons. The van der Waals surface area contributed by atoms with Gasteiger partial charge in [-0.3, -0.25) is 0 Å². The van der Waals surface area contributed by atoms with Gasteiger partial charge < -0.3 is 13.7 Å². The number of anilines is 3. The van der Waals surface area contributed by atoms with Crippen LogP contribution < -0.4 is 4.90 Å². The maximum Gasteiger partial charge on any atom is 0.143 e. The number of fused-ring (bicyclic) bond motifs is 8. The van der Waals surface area contributed by atoms with E-state index < -0.39 is 0 Å². The Morgan fingerprint density at radius 3 is 1.71 bits per heavy atom. The van der Waals surface area contributed by atoms with Crippen LogP contribution in [0, 0.1) is 0 Å². The number of hydrogen-bond donors (Lipinski definition) is 0. The number of para-hydroxylation sites is 3. The van der Waals surface area contributed by atoms with E-state index in [1.165, 1.54) is 10.9 Å². The molecule has 2 aromatic heterocycles. The smallest absolute Gasteiger partial charge is 0.143 e. The van der Waals surface area contributed by atoms with E-state index in [4.69, 9.17) is 8.83 Å². The molecule has 2 heterocycles. The fraction of sp³-hybridized carbons (Fsp3) is 0. The van der Waals surface area contributed by atoms with E-state index in [2.05, 4.69) is 163 Å². The summed E-state index contributed by atoms with van der Waals surface area (Å²) < 4.78 is 13.0. The molecule has 0 unspecified atom stereocenters. The van der Waals surface area contributed by atoms with E-state index in [-0.39, 0.29) is 0 Å². The summed E-state index contributed by atoms with van der Waals surface area (Å²) in [5.74, 6) is 0. The summed E-state index contributed by atoms with van der Waals surface area (Å²) in [6, 6.07) is 61.9. The summed E-state index contributed by atoms with van der Waals surface area (Å²) in [7, 11) is 0. The second kappa shape index (κ2) is 11.0. The van der Waals surface area contributed by atoms with Crippen molar-refractivity contribution in [3.8, 4) is 22.3 Å². The molecule has 49 heavy (non-hydrogen) atoms. The zero-order valence-electron chi connectivity index (χ0n) is 26.5. The van der Waals surface area contributed by atoms with Gasteiger partial charge in [-0.05, 0) is 70.6 Å². The number of nitrogens with zero attached hydrogens (tertiary/aromatic N) is 1. The average molecular weight is 628 g/mol. The van der Waals surface area contributed by atoms with Crippen molar-refractivity contribution in [2.45, 2.75) is 0 Å². The molecule has 10 rings (SSSR count). The summed E-state index contributed by atoms with van der Waals surface area (Å²) in [5, 5.41) is 6.77. The van der Waals surface area contributed by atoms with Gasteiger partial charge in [0.05, 0.1) is 0 Å². The number of furan rings is 2. The van der Waals surface area contributed by atoms with Gasteiger partial charge in [-0.25, -0.2) is 0 Å². The molecule has 0 bridgehead atoms. The van der Waals surface area contributed by atoms with E-state index in [9.17, 15) is 0 Å². The molecule has 0 aliphatic heterocycles. The molecular formula is C46H29NO2. The van der Waals surface area contributed by atoms with E-state index in [0.717, 1.165) is 83.0 Å². The highest BCUT2D eigenvalue weighted by atomic mass is 16.3. The summed E-state index contributed by atoms with van der Waals surface area (Å²) in [6.07, 6.45) is 0. The normalized spacial score (nSPS) is 11.7. The lowest BCUT2D eigenvalue weighted by atomic mass is 9.94. The van der Waals surface area contributed by atoms with Crippen LogP contribution in [0.15, 0.2) is 185 Å². The van der Waals surface area contributed by atoms with Crippen LogP contribution in [0.1, 0.15) is 0 Å². The molecule has 0 aliphatic rings. The van der Waals surface area contributed by atoms with Crippen LogP contribution in [0.4, 0.5) is 17.1 Å². The van der Waals surface area contributed by atoms with Gasteiger partial charge in [0, 0.05) is 55.6 Å².